The molecule has 0 unspecified atom stereocenters. The first-order valence-corrected chi connectivity index (χ1v) is 10.4. The summed E-state index contributed by atoms with van der Waals surface area (Å²) in [5, 5.41) is 0.724. The van der Waals surface area contributed by atoms with Gasteiger partial charge in [0, 0.05) is 7.05 Å². The fourth-order valence-electron chi connectivity index (χ4n) is 2.44. The molecule has 1 amide bonds. The van der Waals surface area contributed by atoms with Crippen molar-refractivity contribution in [1.82, 2.24) is 4.90 Å². The number of thioether (sulfide) groups is 1. The Morgan fingerprint density at radius 2 is 1.71 bits per heavy atom. The molecule has 0 spiro atoms. The third-order valence-electron chi connectivity index (χ3n) is 3.92. The minimum Gasteiger partial charge on any atom is -0.490 e. The second-order valence-electron chi connectivity index (χ2n) is 6.06. The van der Waals surface area contributed by atoms with E-state index in [2.05, 4.69) is 0 Å². The number of carbonyl (C=O) groups is 1. The first-order valence-electron chi connectivity index (χ1n) is 8.38. The van der Waals surface area contributed by atoms with E-state index in [4.69, 9.17) is 44.9 Å². The molecular formula is C20H17Cl2NO3S2. The van der Waals surface area contributed by atoms with E-state index in [1.165, 1.54) is 22.2 Å². The lowest BCUT2D eigenvalue weighted by molar-refractivity contribution is -0.121. The number of amides is 1. The van der Waals surface area contributed by atoms with Gasteiger partial charge in [-0.3, -0.25) is 9.69 Å². The predicted octanol–water partition coefficient (Wildman–Crippen LogP) is 5.59. The number of thiocarbonyl (C=S) groups is 1. The van der Waals surface area contributed by atoms with Crippen molar-refractivity contribution in [1.29, 1.82) is 0 Å². The number of hydrogen-bond donors (Lipinski definition) is 0. The Balaban J connectivity index is 1.63. The summed E-state index contributed by atoms with van der Waals surface area (Å²) in [5.74, 6) is 1.02. The van der Waals surface area contributed by atoms with E-state index in [0.717, 1.165) is 5.75 Å². The van der Waals surface area contributed by atoms with Gasteiger partial charge in [-0.2, -0.15) is 0 Å². The highest BCUT2D eigenvalue weighted by Crippen LogP contribution is 2.37. The summed E-state index contributed by atoms with van der Waals surface area (Å²) in [6, 6.07) is 11.2. The van der Waals surface area contributed by atoms with Crippen LogP contribution >= 0.6 is 47.2 Å². The third-order valence-corrected chi connectivity index (χ3v) is 5.97. The molecule has 0 saturated carbocycles. The van der Waals surface area contributed by atoms with Crippen LogP contribution in [0.1, 0.15) is 11.1 Å². The minimum atomic E-state index is -0.143. The van der Waals surface area contributed by atoms with Crippen molar-refractivity contribution >= 4 is 63.5 Å². The van der Waals surface area contributed by atoms with Gasteiger partial charge in [0.05, 0.1) is 15.0 Å². The van der Waals surface area contributed by atoms with Gasteiger partial charge < -0.3 is 9.47 Å². The highest BCUT2D eigenvalue weighted by Gasteiger charge is 2.28. The summed E-state index contributed by atoms with van der Waals surface area (Å²) in [4.78, 5) is 14.1. The number of aryl methyl sites for hydroxylation is 1. The maximum absolute atomic E-state index is 12.1. The molecule has 0 radical (unpaired) electrons. The number of hydrogen-bond acceptors (Lipinski definition) is 5. The van der Waals surface area contributed by atoms with Crippen LogP contribution in [0, 0.1) is 6.92 Å². The summed E-state index contributed by atoms with van der Waals surface area (Å²) >= 11 is 19.0. The fraction of sp³-hybridized carbons (Fsp3) is 0.200. The number of benzene rings is 2. The number of nitrogens with zero attached hydrogens (tertiary/aromatic N) is 1. The van der Waals surface area contributed by atoms with Crippen LogP contribution in [-0.4, -0.2) is 35.4 Å². The van der Waals surface area contributed by atoms with E-state index >= 15 is 0 Å². The zero-order valence-electron chi connectivity index (χ0n) is 15.2. The topological polar surface area (TPSA) is 38.8 Å². The zero-order valence-corrected chi connectivity index (χ0v) is 18.3. The Hall–Kier alpha value is -1.73. The summed E-state index contributed by atoms with van der Waals surface area (Å²) < 4.78 is 11.8. The lowest BCUT2D eigenvalue weighted by Crippen LogP contribution is -2.22. The molecule has 1 fully saturated rings. The van der Waals surface area contributed by atoms with E-state index < -0.39 is 0 Å². The first-order chi connectivity index (χ1) is 13.3. The average Bonchev–Trinajstić information content (AvgIpc) is 2.89. The van der Waals surface area contributed by atoms with Crippen LogP contribution in [-0.2, 0) is 4.79 Å². The molecule has 0 aliphatic carbocycles. The van der Waals surface area contributed by atoms with Crippen LogP contribution in [0.5, 0.6) is 11.5 Å². The molecule has 0 bridgehead atoms. The molecule has 1 heterocycles. The van der Waals surface area contributed by atoms with Gasteiger partial charge in [-0.1, -0.05) is 64.9 Å². The van der Waals surface area contributed by atoms with Crippen molar-refractivity contribution in [3.63, 3.8) is 0 Å². The SMILES string of the molecule is Cc1ccc(OCCOc2c(Cl)cc(C=C3SC(=S)N(C)C3=O)cc2Cl)cc1. The summed E-state index contributed by atoms with van der Waals surface area (Å²) in [5.41, 5.74) is 1.87. The Labute approximate surface area is 183 Å². The molecule has 1 saturated heterocycles. The van der Waals surface area contributed by atoms with Crippen LogP contribution in [0.15, 0.2) is 41.3 Å². The van der Waals surface area contributed by atoms with Gasteiger partial charge in [0.15, 0.2) is 5.75 Å². The lowest BCUT2D eigenvalue weighted by Gasteiger charge is -2.12. The summed E-state index contributed by atoms with van der Waals surface area (Å²) in [6.07, 6.45) is 1.71. The zero-order chi connectivity index (χ0) is 20.3. The highest BCUT2D eigenvalue weighted by molar-refractivity contribution is 8.26. The standard InChI is InChI=1S/C20H17Cl2NO3S2/c1-12-3-5-14(6-4-12)25-7-8-26-18-15(21)9-13(10-16(18)22)11-17-19(24)23(2)20(27)28-17/h3-6,9-11H,7-8H2,1-2H3. The number of likely N-dealkylation sites (N-methyl/N-ethyl adjacent to an activating group) is 1. The van der Waals surface area contributed by atoms with Gasteiger partial charge in [0.1, 0.15) is 23.3 Å². The molecule has 0 N–H and O–H groups in total. The number of carbonyl (C=O) groups excluding carboxylic acids is 1. The van der Waals surface area contributed by atoms with Crippen LogP contribution < -0.4 is 9.47 Å². The number of ether oxygens (including phenoxy) is 2. The molecule has 0 aromatic heterocycles. The van der Waals surface area contributed by atoms with Gasteiger partial charge in [-0.15, -0.1) is 0 Å². The second-order valence-corrected chi connectivity index (χ2v) is 8.55. The van der Waals surface area contributed by atoms with E-state index in [1.807, 2.05) is 31.2 Å². The van der Waals surface area contributed by atoms with Gasteiger partial charge >= 0.3 is 0 Å². The largest absolute Gasteiger partial charge is 0.490 e. The van der Waals surface area contributed by atoms with Gasteiger partial charge in [0.2, 0.25) is 0 Å². The van der Waals surface area contributed by atoms with Crippen LogP contribution in [0.4, 0.5) is 0 Å². The average molecular weight is 454 g/mol. The van der Waals surface area contributed by atoms with Gasteiger partial charge in [-0.05, 0) is 42.8 Å². The highest BCUT2D eigenvalue weighted by atomic mass is 35.5. The molecule has 0 atom stereocenters. The maximum Gasteiger partial charge on any atom is 0.265 e. The quantitative estimate of drug-likeness (QED) is 0.323. The van der Waals surface area contributed by atoms with E-state index in [0.29, 0.717) is 43.8 Å². The monoisotopic (exact) mass is 453 g/mol. The van der Waals surface area contributed by atoms with Crippen molar-refractivity contribution in [2.45, 2.75) is 6.92 Å². The normalized spacial score (nSPS) is 15.4. The molecule has 28 heavy (non-hydrogen) atoms. The summed E-state index contributed by atoms with van der Waals surface area (Å²) in [6.45, 7) is 2.67. The molecule has 2 aromatic rings. The number of rotatable bonds is 6. The van der Waals surface area contributed by atoms with Crippen molar-refractivity contribution in [2.24, 2.45) is 0 Å². The first kappa shape index (κ1) is 21.0. The predicted molar refractivity (Wildman–Crippen MR) is 120 cm³/mol. The molecule has 3 rings (SSSR count). The summed E-state index contributed by atoms with van der Waals surface area (Å²) in [7, 11) is 1.65. The van der Waals surface area contributed by atoms with E-state index in [9.17, 15) is 4.79 Å². The molecule has 8 heteroatoms. The van der Waals surface area contributed by atoms with Gasteiger partial charge in [0.25, 0.3) is 5.91 Å². The Bertz CT molecular complexity index is 922. The third kappa shape index (κ3) is 5.00. The molecule has 4 nitrogen and oxygen atoms in total. The Morgan fingerprint density at radius 3 is 2.29 bits per heavy atom. The van der Waals surface area contributed by atoms with Crippen LogP contribution in [0.25, 0.3) is 6.08 Å². The molecule has 2 aromatic carbocycles. The molecular weight excluding hydrogens is 437 g/mol. The van der Waals surface area contributed by atoms with E-state index in [-0.39, 0.29) is 5.91 Å². The van der Waals surface area contributed by atoms with Crippen molar-refractivity contribution < 1.29 is 14.3 Å². The maximum atomic E-state index is 12.1. The molecule has 1 aliphatic heterocycles. The van der Waals surface area contributed by atoms with Gasteiger partial charge in [-0.25, -0.2) is 0 Å². The second kappa shape index (κ2) is 9.18. The van der Waals surface area contributed by atoms with Crippen molar-refractivity contribution in [2.75, 3.05) is 20.3 Å². The van der Waals surface area contributed by atoms with Crippen molar-refractivity contribution in [3.05, 3.63) is 62.5 Å². The lowest BCUT2D eigenvalue weighted by atomic mass is 10.2. The van der Waals surface area contributed by atoms with Crippen LogP contribution in [0.3, 0.4) is 0 Å². The fourth-order valence-corrected chi connectivity index (χ4v) is 4.23. The smallest absolute Gasteiger partial charge is 0.265 e. The van der Waals surface area contributed by atoms with Crippen molar-refractivity contribution in [3.8, 4) is 11.5 Å². The molecule has 1 aliphatic rings. The number of halogens is 2. The van der Waals surface area contributed by atoms with E-state index in [1.54, 1.807) is 25.3 Å². The Kier molecular flexibility index (Phi) is 6.88. The minimum absolute atomic E-state index is 0.143. The van der Waals surface area contributed by atoms with Crippen LogP contribution in [0.2, 0.25) is 10.0 Å². The molecule has 146 valence electrons. The Morgan fingerprint density at radius 1 is 1.11 bits per heavy atom.